The van der Waals surface area contributed by atoms with E-state index in [2.05, 4.69) is 10.3 Å². The largest absolute Gasteiger partial charge is 0.494 e. The minimum absolute atomic E-state index is 0.167. The Morgan fingerprint density at radius 1 is 1.19 bits per heavy atom. The molecule has 140 valence electrons. The molecule has 4 rings (SSSR count). The van der Waals surface area contributed by atoms with Gasteiger partial charge in [0, 0.05) is 18.8 Å². The van der Waals surface area contributed by atoms with Crippen molar-refractivity contribution in [1.29, 1.82) is 0 Å². The van der Waals surface area contributed by atoms with E-state index in [0.717, 1.165) is 37.2 Å². The molecule has 3 aromatic rings. The molecule has 1 fully saturated rings. The minimum atomic E-state index is -0.167. The monoisotopic (exact) mass is 366 g/mol. The highest BCUT2D eigenvalue weighted by atomic mass is 16.5. The molecule has 0 bridgehead atoms. The standard InChI is InChI=1S/C21H22N2O4/c1-25-17-8-7-16(15-9-11-26-12-10-15)20-19(17)23-21(27-20)22-18(24)13-14-5-3-2-4-6-14/h2-8,15H,9-13H2,1H3,(H,22,23,24). The van der Waals surface area contributed by atoms with Crippen molar-refractivity contribution in [2.45, 2.75) is 25.2 Å². The molecule has 6 heteroatoms. The van der Waals surface area contributed by atoms with Crippen LogP contribution in [-0.2, 0) is 16.0 Å². The summed E-state index contributed by atoms with van der Waals surface area (Å²) in [6, 6.07) is 13.7. The Kier molecular flexibility index (Phi) is 5.07. The van der Waals surface area contributed by atoms with Gasteiger partial charge in [0.25, 0.3) is 0 Å². The summed E-state index contributed by atoms with van der Waals surface area (Å²) >= 11 is 0. The molecule has 27 heavy (non-hydrogen) atoms. The highest BCUT2D eigenvalue weighted by Crippen LogP contribution is 2.37. The van der Waals surface area contributed by atoms with Crippen LogP contribution in [0.25, 0.3) is 11.1 Å². The van der Waals surface area contributed by atoms with Gasteiger partial charge in [-0.2, -0.15) is 4.98 Å². The lowest BCUT2D eigenvalue weighted by atomic mass is 9.91. The van der Waals surface area contributed by atoms with Crippen molar-refractivity contribution in [1.82, 2.24) is 4.98 Å². The first-order chi connectivity index (χ1) is 13.2. The van der Waals surface area contributed by atoms with Gasteiger partial charge in [-0.15, -0.1) is 0 Å². The molecule has 0 spiro atoms. The molecule has 0 saturated carbocycles. The van der Waals surface area contributed by atoms with Crippen molar-refractivity contribution in [2.24, 2.45) is 0 Å². The molecule has 1 N–H and O–H groups in total. The number of aromatic nitrogens is 1. The van der Waals surface area contributed by atoms with Crippen molar-refractivity contribution in [3.63, 3.8) is 0 Å². The van der Waals surface area contributed by atoms with Gasteiger partial charge in [-0.25, -0.2) is 0 Å². The van der Waals surface area contributed by atoms with Crippen LogP contribution >= 0.6 is 0 Å². The maximum atomic E-state index is 12.3. The van der Waals surface area contributed by atoms with E-state index < -0.39 is 0 Å². The normalized spacial score (nSPS) is 15.0. The second-order valence-corrected chi connectivity index (χ2v) is 6.65. The van der Waals surface area contributed by atoms with Crippen LogP contribution in [0.3, 0.4) is 0 Å². The van der Waals surface area contributed by atoms with Crippen LogP contribution in [0, 0.1) is 0 Å². The minimum Gasteiger partial charge on any atom is -0.494 e. The number of methoxy groups -OCH3 is 1. The van der Waals surface area contributed by atoms with Gasteiger partial charge >= 0.3 is 6.01 Å². The maximum absolute atomic E-state index is 12.3. The third-order valence-corrected chi connectivity index (χ3v) is 4.87. The quantitative estimate of drug-likeness (QED) is 0.741. The number of anilines is 1. The smallest absolute Gasteiger partial charge is 0.302 e. The maximum Gasteiger partial charge on any atom is 0.302 e. The van der Waals surface area contributed by atoms with Crippen LogP contribution in [0.4, 0.5) is 6.01 Å². The van der Waals surface area contributed by atoms with Crippen LogP contribution < -0.4 is 10.1 Å². The summed E-state index contributed by atoms with van der Waals surface area (Å²) in [4.78, 5) is 16.8. The van der Waals surface area contributed by atoms with E-state index in [1.807, 2.05) is 42.5 Å². The van der Waals surface area contributed by atoms with Gasteiger partial charge in [-0.3, -0.25) is 10.1 Å². The average molecular weight is 366 g/mol. The number of rotatable bonds is 5. The highest BCUT2D eigenvalue weighted by Gasteiger charge is 2.23. The molecule has 0 aliphatic carbocycles. The number of nitrogens with one attached hydrogen (secondary N) is 1. The number of oxazole rings is 1. The predicted octanol–water partition coefficient (Wildman–Crippen LogP) is 3.91. The van der Waals surface area contributed by atoms with E-state index in [1.54, 1.807) is 7.11 Å². The number of nitrogens with zero attached hydrogens (tertiary/aromatic N) is 1. The summed E-state index contributed by atoms with van der Waals surface area (Å²) in [5.74, 6) is 0.820. The van der Waals surface area contributed by atoms with Crippen LogP contribution in [0.15, 0.2) is 46.9 Å². The Morgan fingerprint density at radius 2 is 1.96 bits per heavy atom. The second kappa shape index (κ2) is 7.80. The summed E-state index contributed by atoms with van der Waals surface area (Å²) < 4.78 is 16.8. The summed E-state index contributed by atoms with van der Waals surface area (Å²) in [7, 11) is 1.60. The fourth-order valence-corrected chi connectivity index (χ4v) is 3.50. The lowest BCUT2D eigenvalue weighted by molar-refractivity contribution is -0.115. The molecule has 1 amide bonds. The first kappa shape index (κ1) is 17.5. The molecule has 6 nitrogen and oxygen atoms in total. The van der Waals surface area contributed by atoms with E-state index in [1.165, 1.54) is 0 Å². The van der Waals surface area contributed by atoms with E-state index in [0.29, 0.717) is 22.8 Å². The van der Waals surface area contributed by atoms with Gasteiger partial charge in [0.05, 0.1) is 13.5 Å². The summed E-state index contributed by atoms with van der Waals surface area (Å²) in [5.41, 5.74) is 3.34. The molecule has 1 aliphatic heterocycles. The number of amides is 1. The average Bonchev–Trinajstić information content (AvgIpc) is 3.12. The number of fused-ring (bicyclic) bond motifs is 1. The van der Waals surface area contributed by atoms with Gasteiger partial charge in [0.15, 0.2) is 11.1 Å². The molecule has 1 aliphatic rings. The fraction of sp³-hybridized carbons (Fsp3) is 0.333. The van der Waals surface area contributed by atoms with Crippen molar-refractivity contribution >= 4 is 23.0 Å². The van der Waals surface area contributed by atoms with Gasteiger partial charge in [-0.05, 0) is 30.4 Å². The first-order valence-electron chi connectivity index (χ1n) is 9.13. The molecular weight excluding hydrogens is 344 g/mol. The zero-order valence-electron chi connectivity index (χ0n) is 15.2. The van der Waals surface area contributed by atoms with Gasteiger partial charge in [0.2, 0.25) is 5.91 Å². The highest BCUT2D eigenvalue weighted by molar-refractivity contribution is 5.92. The van der Waals surface area contributed by atoms with Crippen LogP contribution in [0.1, 0.15) is 29.9 Å². The third-order valence-electron chi connectivity index (χ3n) is 4.87. The topological polar surface area (TPSA) is 73.6 Å². The van der Waals surface area contributed by atoms with Crippen molar-refractivity contribution in [3.8, 4) is 5.75 Å². The Morgan fingerprint density at radius 3 is 2.70 bits per heavy atom. The number of carbonyl (C=O) groups excluding carboxylic acids is 1. The van der Waals surface area contributed by atoms with Crippen LogP contribution in [-0.4, -0.2) is 31.2 Å². The summed E-state index contributed by atoms with van der Waals surface area (Å²) in [6.45, 7) is 1.49. The van der Waals surface area contributed by atoms with Crippen LogP contribution in [0.5, 0.6) is 5.75 Å². The lowest BCUT2D eigenvalue weighted by Gasteiger charge is -2.22. The van der Waals surface area contributed by atoms with E-state index in [4.69, 9.17) is 13.9 Å². The molecule has 1 aromatic heterocycles. The SMILES string of the molecule is COc1ccc(C2CCOCC2)c2oc(NC(=O)Cc3ccccc3)nc12. The molecule has 0 atom stereocenters. The Balaban J connectivity index is 1.61. The Labute approximate surface area is 157 Å². The van der Waals surface area contributed by atoms with Crippen molar-refractivity contribution in [3.05, 3.63) is 53.6 Å². The van der Waals surface area contributed by atoms with E-state index in [9.17, 15) is 4.79 Å². The van der Waals surface area contributed by atoms with Crippen molar-refractivity contribution in [2.75, 3.05) is 25.6 Å². The number of hydrogen-bond acceptors (Lipinski definition) is 5. The zero-order valence-corrected chi connectivity index (χ0v) is 15.2. The predicted molar refractivity (Wildman–Crippen MR) is 102 cm³/mol. The zero-order chi connectivity index (χ0) is 18.6. The lowest BCUT2D eigenvalue weighted by Crippen LogP contribution is -2.14. The van der Waals surface area contributed by atoms with E-state index >= 15 is 0 Å². The third kappa shape index (κ3) is 3.80. The number of hydrogen-bond donors (Lipinski definition) is 1. The second-order valence-electron chi connectivity index (χ2n) is 6.65. The first-order valence-corrected chi connectivity index (χ1v) is 9.13. The van der Waals surface area contributed by atoms with Crippen molar-refractivity contribution < 1.29 is 18.7 Å². The molecule has 0 unspecified atom stereocenters. The molecule has 0 radical (unpaired) electrons. The number of ether oxygens (including phenoxy) is 2. The Bertz CT molecular complexity index is 930. The number of benzene rings is 2. The molecule has 2 aromatic carbocycles. The van der Waals surface area contributed by atoms with Crippen LogP contribution in [0.2, 0.25) is 0 Å². The summed E-state index contributed by atoms with van der Waals surface area (Å²) in [6.07, 6.45) is 2.15. The Hall–Kier alpha value is -2.86. The van der Waals surface area contributed by atoms with Gasteiger partial charge in [-0.1, -0.05) is 36.4 Å². The number of carbonyl (C=O) groups is 1. The summed E-state index contributed by atoms with van der Waals surface area (Å²) in [5, 5.41) is 2.76. The molecule has 1 saturated heterocycles. The molecule has 2 heterocycles. The fourth-order valence-electron chi connectivity index (χ4n) is 3.50. The molecular formula is C21H22N2O4. The van der Waals surface area contributed by atoms with Gasteiger partial charge < -0.3 is 13.9 Å². The van der Waals surface area contributed by atoms with Gasteiger partial charge in [0.1, 0.15) is 5.75 Å². The van der Waals surface area contributed by atoms with E-state index in [-0.39, 0.29) is 18.3 Å².